The van der Waals surface area contributed by atoms with E-state index in [-0.39, 0.29) is 6.04 Å². The fraction of sp³-hybridized carbons (Fsp3) is 0.500. The molecule has 1 aromatic carbocycles. The molecule has 0 aromatic heterocycles. The van der Waals surface area contributed by atoms with E-state index in [0.29, 0.717) is 5.56 Å². The highest BCUT2D eigenvalue weighted by atomic mass is 16.5. The fourth-order valence-corrected chi connectivity index (χ4v) is 2.65. The van der Waals surface area contributed by atoms with Gasteiger partial charge in [-0.15, -0.1) is 0 Å². The third kappa shape index (κ3) is 4.81. The Labute approximate surface area is 142 Å². The normalized spacial score (nSPS) is 14.5. The highest BCUT2D eigenvalue weighted by Crippen LogP contribution is 2.22. The molecule has 0 fully saturated rings. The lowest BCUT2D eigenvalue weighted by Gasteiger charge is -2.17. The Balaban J connectivity index is 1.93. The number of rotatable bonds is 4. The van der Waals surface area contributed by atoms with E-state index in [1.807, 2.05) is 12.1 Å². The van der Waals surface area contributed by atoms with E-state index in [1.165, 1.54) is 24.5 Å². The molecule has 0 heterocycles. The molecule has 0 saturated heterocycles. The third-order valence-corrected chi connectivity index (χ3v) is 3.89. The first kappa shape index (κ1) is 18.0. The number of amides is 3. The molecule has 0 saturated carbocycles. The van der Waals surface area contributed by atoms with E-state index >= 15 is 0 Å². The molecule has 0 bridgehead atoms. The highest BCUT2D eigenvalue weighted by Gasteiger charge is 2.22. The maximum Gasteiger partial charge on any atom is 0.338 e. The average Bonchev–Trinajstić information content (AvgIpc) is 2.53. The van der Waals surface area contributed by atoms with Crippen LogP contribution in [0, 0.1) is 0 Å². The highest BCUT2D eigenvalue weighted by molar-refractivity contribution is 5.98. The van der Waals surface area contributed by atoms with E-state index in [9.17, 15) is 14.4 Å². The Morgan fingerprint density at radius 2 is 1.71 bits per heavy atom. The molecule has 2 rings (SSSR count). The Kier molecular flexibility index (Phi) is 5.95. The summed E-state index contributed by atoms with van der Waals surface area (Å²) in [7, 11) is 0. The molecular weight excluding hydrogens is 308 g/mol. The molecule has 3 amide bonds. The van der Waals surface area contributed by atoms with E-state index in [2.05, 4.69) is 10.6 Å². The number of aryl methyl sites for hydroxylation is 2. The van der Waals surface area contributed by atoms with Gasteiger partial charge in [0.1, 0.15) is 0 Å². The summed E-state index contributed by atoms with van der Waals surface area (Å²) in [6.45, 7) is 5.00. The number of esters is 1. The van der Waals surface area contributed by atoms with Gasteiger partial charge in [0, 0.05) is 6.04 Å². The van der Waals surface area contributed by atoms with E-state index in [4.69, 9.17) is 4.74 Å². The van der Waals surface area contributed by atoms with Gasteiger partial charge >= 0.3 is 12.0 Å². The van der Waals surface area contributed by atoms with Crippen molar-refractivity contribution in [3.8, 4) is 0 Å². The van der Waals surface area contributed by atoms with Gasteiger partial charge in [0.05, 0.1) is 5.56 Å². The average molecular weight is 332 g/mol. The van der Waals surface area contributed by atoms with Crippen molar-refractivity contribution in [1.82, 2.24) is 10.6 Å². The van der Waals surface area contributed by atoms with Gasteiger partial charge in [0.25, 0.3) is 5.91 Å². The monoisotopic (exact) mass is 332 g/mol. The van der Waals surface area contributed by atoms with Gasteiger partial charge in [-0.2, -0.15) is 0 Å². The Morgan fingerprint density at radius 1 is 1.04 bits per heavy atom. The van der Waals surface area contributed by atoms with Crippen molar-refractivity contribution in [2.24, 2.45) is 0 Å². The van der Waals surface area contributed by atoms with Crippen LogP contribution in [0.1, 0.15) is 55.1 Å². The predicted molar refractivity (Wildman–Crippen MR) is 89.8 cm³/mol. The van der Waals surface area contributed by atoms with Crippen molar-refractivity contribution < 1.29 is 19.1 Å². The van der Waals surface area contributed by atoms with Crippen molar-refractivity contribution in [3.05, 3.63) is 34.9 Å². The first-order valence-electron chi connectivity index (χ1n) is 8.31. The lowest BCUT2D eigenvalue weighted by molar-refractivity contribution is -0.127. The van der Waals surface area contributed by atoms with E-state index < -0.39 is 24.0 Å². The summed E-state index contributed by atoms with van der Waals surface area (Å²) in [5.41, 5.74) is 2.87. The number of hydrogen-bond acceptors (Lipinski definition) is 4. The van der Waals surface area contributed by atoms with Gasteiger partial charge < -0.3 is 10.1 Å². The van der Waals surface area contributed by atoms with Crippen molar-refractivity contribution in [1.29, 1.82) is 0 Å². The van der Waals surface area contributed by atoms with Crippen molar-refractivity contribution >= 4 is 17.9 Å². The lowest BCUT2D eigenvalue weighted by Crippen LogP contribution is -2.46. The maximum absolute atomic E-state index is 12.2. The molecule has 0 spiro atoms. The first-order chi connectivity index (χ1) is 11.4. The number of ether oxygens (including phenoxy) is 1. The SMILES string of the molecule is CC(C)NC(=O)NC(=O)C(C)OC(=O)c1ccc2c(c1)CCCC2. The Hall–Kier alpha value is -2.37. The number of nitrogens with one attached hydrogen (secondary N) is 2. The van der Waals surface area contributed by atoms with Gasteiger partial charge in [-0.3, -0.25) is 10.1 Å². The van der Waals surface area contributed by atoms with E-state index in [1.54, 1.807) is 19.9 Å². The largest absolute Gasteiger partial charge is 0.449 e. The summed E-state index contributed by atoms with van der Waals surface area (Å²) in [6, 6.07) is 4.82. The second-order valence-corrected chi connectivity index (χ2v) is 6.36. The molecule has 1 atom stereocenters. The molecule has 1 aliphatic rings. The minimum atomic E-state index is -1.05. The number of fused-ring (bicyclic) bond motifs is 1. The van der Waals surface area contributed by atoms with Gasteiger partial charge in [0.15, 0.2) is 6.10 Å². The molecule has 2 N–H and O–H groups in total. The van der Waals surface area contributed by atoms with Crippen LogP contribution in [0.15, 0.2) is 18.2 Å². The number of urea groups is 1. The predicted octanol–water partition coefficient (Wildman–Crippen LogP) is 2.34. The van der Waals surface area contributed by atoms with Crippen LogP contribution in [-0.2, 0) is 22.4 Å². The summed E-state index contributed by atoms with van der Waals surface area (Å²) in [6.07, 6.45) is 3.24. The molecule has 1 aromatic rings. The molecule has 0 radical (unpaired) electrons. The smallest absolute Gasteiger partial charge is 0.338 e. The van der Waals surface area contributed by atoms with Gasteiger partial charge in [-0.05, 0) is 69.7 Å². The molecule has 6 nitrogen and oxygen atoms in total. The van der Waals surface area contributed by atoms with Crippen LogP contribution in [0.5, 0.6) is 0 Å². The number of carbonyl (C=O) groups excluding carboxylic acids is 3. The summed E-state index contributed by atoms with van der Waals surface area (Å²) >= 11 is 0. The number of imide groups is 1. The summed E-state index contributed by atoms with van der Waals surface area (Å²) < 4.78 is 5.16. The number of carbonyl (C=O) groups is 3. The molecule has 130 valence electrons. The van der Waals surface area contributed by atoms with Gasteiger partial charge in [-0.1, -0.05) is 6.07 Å². The topological polar surface area (TPSA) is 84.5 Å². The first-order valence-corrected chi connectivity index (χ1v) is 8.31. The quantitative estimate of drug-likeness (QED) is 0.829. The van der Waals surface area contributed by atoms with Crippen LogP contribution in [-0.4, -0.2) is 30.1 Å². The Bertz CT molecular complexity index is 640. The van der Waals surface area contributed by atoms with Crippen LogP contribution in [0.2, 0.25) is 0 Å². The molecule has 0 aliphatic heterocycles. The zero-order valence-electron chi connectivity index (χ0n) is 14.3. The molecule has 24 heavy (non-hydrogen) atoms. The van der Waals surface area contributed by atoms with Crippen LogP contribution >= 0.6 is 0 Å². The molecule has 6 heteroatoms. The van der Waals surface area contributed by atoms with Gasteiger partial charge in [-0.25, -0.2) is 9.59 Å². The molecule has 1 unspecified atom stereocenters. The minimum Gasteiger partial charge on any atom is -0.449 e. The Morgan fingerprint density at radius 3 is 2.38 bits per heavy atom. The van der Waals surface area contributed by atoms with Crippen molar-refractivity contribution in [2.75, 3.05) is 0 Å². The van der Waals surface area contributed by atoms with Crippen LogP contribution in [0.25, 0.3) is 0 Å². The standard InChI is InChI=1S/C18H24N2O4/c1-11(2)19-18(23)20-16(21)12(3)24-17(22)15-9-8-13-6-4-5-7-14(13)10-15/h8-12H,4-7H2,1-3H3,(H2,19,20,21,23). The summed E-state index contributed by atoms with van der Waals surface area (Å²) in [5.74, 6) is -1.21. The lowest BCUT2D eigenvalue weighted by atomic mass is 9.90. The summed E-state index contributed by atoms with van der Waals surface area (Å²) in [4.78, 5) is 35.6. The molecular formula is C18H24N2O4. The molecule has 1 aliphatic carbocycles. The number of hydrogen-bond donors (Lipinski definition) is 2. The van der Waals surface area contributed by atoms with Crippen LogP contribution < -0.4 is 10.6 Å². The maximum atomic E-state index is 12.2. The zero-order valence-corrected chi connectivity index (χ0v) is 14.3. The second-order valence-electron chi connectivity index (χ2n) is 6.36. The van der Waals surface area contributed by atoms with Gasteiger partial charge in [0.2, 0.25) is 0 Å². The van der Waals surface area contributed by atoms with E-state index in [0.717, 1.165) is 19.3 Å². The third-order valence-electron chi connectivity index (χ3n) is 3.89. The van der Waals surface area contributed by atoms with Crippen molar-refractivity contribution in [3.63, 3.8) is 0 Å². The zero-order chi connectivity index (χ0) is 17.7. The minimum absolute atomic E-state index is 0.0915. The van der Waals surface area contributed by atoms with Crippen LogP contribution in [0.3, 0.4) is 0 Å². The van der Waals surface area contributed by atoms with Crippen molar-refractivity contribution in [2.45, 2.75) is 58.6 Å². The van der Waals surface area contributed by atoms with Crippen LogP contribution in [0.4, 0.5) is 4.79 Å². The number of benzene rings is 1. The second kappa shape index (κ2) is 7.95. The summed E-state index contributed by atoms with van der Waals surface area (Å²) in [5, 5.41) is 4.69. The fourth-order valence-electron chi connectivity index (χ4n) is 2.65.